The molecule has 0 fully saturated rings. The number of hydrogen-bond acceptors (Lipinski definition) is 4. The summed E-state index contributed by atoms with van der Waals surface area (Å²) in [5.41, 5.74) is 1.60. The van der Waals surface area contributed by atoms with E-state index >= 15 is 0 Å². The number of nitrogens with zero attached hydrogens (tertiary/aromatic N) is 3. The van der Waals surface area contributed by atoms with E-state index in [2.05, 4.69) is 14.9 Å². The number of aromatic nitrogens is 3. The van der Waals surface area contributed by atoms with Crippen molar-refractivity contribution in [2.24, 2.45) is 0 Å². The maximum absolute atomic E-state index is 11.3. The minimum absolute atomic E-state index is 0.242. The van der Waals surface area contributed by atoms with Crippen molar-refractivity contribution in [3.63, 3.8) is 0 Å². The van der Waals surface area contributed by atoms with Crippen molar-refractivity contribution in [3.05, 3.63) is 41.7 Å². The molecule has 2 rings (SSSR count). The first-order valence-corrected chi connectivity index (χ1v) is 4.80. The van der Waals surface area contributed by atoms with Gasteiger partial charge in [0.15, 0.2) is 5.69 Å². The Kier molecular flexibility index (Phi) is 2.68. The molecule has 16 heavy (non-hydrogen) atoms. The van der Waals surface area contributed by atoms with Gasteiger partial charge < -0.3 is 4.74 Å². The Morgan fingerprint density at radius 1 is 1.25 bits per heavy atom. The van der Waals surface area contributed by atoms with E-state index in [1.165, 1.54) is 11.9 Å². The molecule has 82 valence electrons. The Labute approximate surface area is 92.7 Å². The number of hydrogen-bond donors (Lipinski definition) is 0. The van der Waals surface area contributed by atoms with Gasteiger partial charge in [-0.3, -0.25) is 0 Å². The number of para-hydroxylation sites is 1. The summed E-state index contributed by atoms with van der Waals surface area (Å²) in [7, 11) is 1.32. The van der Waals surface area contributed by atoms with Crippen molar-refractivity contribution >= 4 is 5.97 Å². The topological polar surface area (TPSA) is 57.0 Å². The summed E-state index contributed by atoms with van der Waals surface area (Å²) >= 11 is 0. The van der Waals surface area contributed by atoms with Gasteiger partial charge in [-0.15, -0.1) is 5.10 Å². The fourth-order valence-electron chi connectivity index (χ4n) is 1.34. The second kappa shape index (κ2) is 4.14. The second-order valence-corrected chi connectivity index (χ2v) is 3.25. The average Bonchev–Trinajstić information content (AvgIpc) is 2.71. The number of methoxy groups -OCH3 is 1. The number of carbonyl (C=O) groups excluding carboxylic acids is 1. The SMILES string of the molecule is COC(=O)c1nn(-c2ccccc2)nc1C. The minimum atomic E-state index is -0.473. The van der Waals surface area contributed by atoms with Gasteiger partial charge in [-0.05, 0) is 19.1 Å². The number of rotatable bonds is 2. The Hall–Kier alpha value is -2.17. The van der Waals surface area contributed by atoms with E-state index in [0.717, 1.165) is 5.69 Å². The van der Waals surface area contributed by atoms with Crippen LogP contribution in [0.25, 0.3) is 5.69 Å². The predicted molar refractivity (Wildman–Crippen MR) is 57.4 cm³/mol. The van der Waals surface area contributed by atoms with E-state index in [1.54, 1.807) is 6.92 Å². The van der Waals surface area contributed by atoms with E-state index in [0.29, 0.717) is 5.69 Å². The molecule has 0 atom stereocenters. The van der Waals surface area contributed by atoms with Crippen LogP contribution in [0.3, 0.4) is 0 Å². The number of esters is 1. The molecule has 1 heterocycles. The van der Waals surface area contributed by atoms with Crippen molar-refractivity contribution in [1.29, 1.82) is 0 Å². The standard InChI is InChI=1S/C11H11N3O2/c1-8-10(11(15)16-2)13-14(12-8)9-6-4-3-5-7-9/h3-7H,1-2H3. The van der Waals surface area contributed by atoms with E-state index < -0.39 is 5.97 Å². The number of benzene rings is 1. The summed E-state index contributed by atoms with van der Waals surface area (Å²) in [5, 5.41) is 8.24. The van der Waals surface area contributed by atoms with Gasteiger partial charge in [0.25, 0.3) is 0 Å². The maximum Gasteiger partial charge on any atom is 0.360 e. The molecule has 0 spiro atoms. The van der Waals surface area contributed by atoms with Crippen LogP contribution < -0.4 is 0 Å². The van der Waals surface area contributed by atoms with Crippen LogP contribution in [0.5, 0.6) is 0 Å². The molecule has 0 aliphatic rings. The summed E-state index contributed by atoms with van der Waals surface area (Å²) in [4.78, 5) is 12.8. The quantitative estimate of drug-likeness (QED) is 0.713. The number of carbonyl (C=O) groups is 1. The molecule has 0 N–H and O–H groups in total. The molecule has 2 aromatic rings. The molecule has 5 nitrogen and oxygen atoms in total. The zero-order chi connectivity index (χ0) is 11.5. The van der Waals surface area contributed by atoms with Crippen molar-refractivity contribution in [3.8, 4) is 5.69 Å². The lowest BCUT2D eigenvalue weighted by molar-refractivity contribution is 0.0592. The van der Waals surface area contributed by atoms with Gasteiger partial charge in [-0.2, -0.15) is 9.90 Å². The molecule has 0 bridgehead atoms. The Morgan fingerprint density at radius 3 is 2.56 bits per heavy atom. The van der Waals surface area contributed by atoms with Crippen LogP contribution in [0, 0.1) is 6.92 Å². The highest BCUT2D eigenvalue weighted by atomic mass is 16.5. The summed E-state index contributed by atoms with van der Waals surface area (Å²) in [5.74, 6) is -0.473. The van der Waals surface area contributed by atoms with Crippen LogP contribution in [0.1, 0.15) is 16.2 Å². The molecule has 0 amide bonds. The van der Waals surface area contributed by atoms with Gasteiger partial charge in [-0.1, -0.05) is 18.2 Å². The van der Waals surface area contributed by atoms with Gasteiger partial charge in [0, 0.05) is 0 Å². The zero-order valence-corrected chi connectivity index (χ0v) is 9.04. The molecule has 1 aromatic heterocycles. The van der Waals surface area contributed by atoms with Crippen LogP contribution in [-0.2, 0) is 4.74 Å². The van der Waals surface area contributed by atoms with Crippen LogP contribution in [0.2, 0.25) is 0 Å². The molecule has 1 aromatic carbocycles. The van der Waals surface area contributed by atoms with Gasteiger partial charge in [0.1, 0.15) is 0 Å². The van der Waals surface area contributed by atoms with Crippen LogP contribution >= 0.6 is 0 Å². The molecule has 0 unspecified atom stereocenters. The highest BCUT2D eigenvalue weighted by molar-refractivity contribution is 5.88. The lowest BCUT2D eigenvalue weighted by Crippen LogP contribution is -2.05. The molecule has 5 heteroatoms. The van der Waals surface area contributed by atoms with E-state index in [4.69, 9.17) is 0 Å². The molecule has 0 saturated heterocycles. The molecule has 0 aliphatic heterocycles. The first-order valence-electron chi connectivity index (χ1n) is 4.80. The lowest BCUT2D eigenvalue weighted by Gasteiger charge is -1.96. The van der Waals surface area contributed by atoms with Gasteiger partial charge >= 0.3 is 5.97 Å². The fraction of sp³-hybridized carbons (Fsp3) is 0.182. The molecular weight excluding hydrogens is 206 g/mol. The van der Waals surface area contributed by atoms with Crippen LogP contribution in [0.4, 0.5) is 0 Å². The number of ether oxygens (including phenoxy) is 1. The summed E-state index contributed by atoms with van der Waals surface area (Å²) < 4.78 is 4.61. The largest absolute Gasteiger partial charge is 0.464 e. The van der Waals surface area contributed by atoms with E-state index in [-0.39, 0.29) is 5.69 Å². The second-order valence-electron chi connectivity index (χ2n) is 3.25. The first-order chi connectivity index (χ1) is 7.72. The summed E-state index contributed by atoms with van der Waals surface area (Å²) in [6.07, 6.45) is 0. The molecule has 0 radical (unpaired) electrons. The monoisotopic (exact) mass is 217 g/mol. The average molecular weight is 217 g/mol. The minimum Gasteiger partial charge on any atom is -0.464 e. The number of aryl methyl sites for hydroxylation is 1. The van der Waals surface area contributed by atoms with E-state index in [1.807, 2.05) is 30.3 Å². The zero-order valence-electron chi connectivity index (χ0n) is 9.04. The van der Waals surface area contributed by atoms with Crippen LogP contribution in [0.15, 0.2) is 30.3 Å². The first kappa shape index (κ1) is 10.4. The van der Waals surface area contributed by atoms with Gasteiger partial charge in [0.05, 0.1) is 18.5 Å². The summed E-state index contributed by atoms with van der Waals surface area (Å²) in [6.45, 7) is 1.72. The third-order valence-corrected chi connectivity index (χ3v) is 2.15. The molecule has 0 saturated carbocycles. The normalized spacial score (nSPS) is 10.1. The highest BCUT2D eigenvalue weighted by Crippen LogP contribution is 2.08. The third kappa shape index (κ3) is 1.79. The van der Waals surface area contributed by atoms with Crippen molar-refractivity contribution in [1.82, 2.24) is 15.0 Å². The lowest BCUT2D eigenvalue weighted by atomic mass is 10.3. The molecule has 0 aliphatic carbocycles. The van der Waals surface area contributed by atoms with Crippen LogP contribution in [-0.4, -0.2) is 28.1 Å². The summed E-state index contributed by atoms with van der Waals surface area (Å²) in [6, 6.07) is 9.39. The predicted octanol–water partition coefficient (Wildman–Crippen LogP) is 1.36. The maximum atomic E-state index is 11.3. The smallest absolute Gasteiger partial charge is 0.360 e. The Morgan fingerprint density at radius 2 is 1.94 bits per heavy atom. The fourth-order valence-corrected chi connectivity index (χ4v) is 1.34. The van der Waals surface area contributed by atoms with Crippen molar-refractivity contribution in [2.75, 3.05) is 7.11 Å². The van der Waals surface area contributed by atoms with Crippen molar-refractivity contribution < 1.29 is 9.53 Å². The Bertz CT molecular complexity index is 505. The van der Waals surface area contributed by atoms with Gasteiger partial charge in [-0.25, -0.2) is 4.79 Å². The van der Waals surface area contributed by atoms with E-state index in [9.17, 15) is 4.79 Å². The highest BCUT2D eigenvalue weighted by Gasteiger charge is 2.16. The molecular formula is C11H11N3O2. The van der Waals surface area contributed by atoms with Gasteiger partial charge in [0.2, 0.25) is 0 Å². The Balaban J connectivity index is 2.42. The third-order valence-electron chi connectivity index (χ3n) is 2.15. The van der Waals surface area contributed by atoms with Crippen molar-refractivity contribution in [2.45, 2.75) is 6.92 Å².